The van der Waals surface area contributed by atoms with E-state index < -0.39 is 0 Å². The Morgan fingerprint density at radius 2 is 1.89 bits per heavy atom. The third kappa shape index (κ3) is 4.58. The van der Waals surface area contributed by atoms with Gasteiger partial charge in [-0.15, -0.1) is 0 Å². The van der Waals surface area contributed by atoms with E-state index in [1.54, 1.807) is 7.11 Å². The third-order valence-corrected chi connectivity index (χ3v) is 4.64. The van der Waals surface area contributed by atoms with E-state index in [9.17, 15) is 0 Å². The van der Waals surface area contributed by atoms with Crippen LogP contribution in [0.15, 0.2) is 60.7 Å². The van der Waals surface area contributed by atoms with Crippen LogP contribution >= 0.6 is 0 Å². The number of methoxy groups -OCH3 is 1. The second-order valence-electron chi connectivity index (χ2n) is 6.70. The average molecular weight is 376 g/mol. The zero-order valence-corrected chi connectivity index (χ0v) is 15.9. The molecule has 2 aromatic carbocycles. The molecule has 6 heteroatoms. The van der Waals surface area contributed by atoms with Crippen LogP contribution in [0.3, 0.4) is 0 Å². The fraction of sp³-hybridized carbons (Fsp3) is 0.273. The molecule has 144 valence electrons. The standard InChI is InChI=1S/C22H24N4O2/c1-27-18-10-5-9-17(13-18)24-21-14-20(23-15-19-11-6-12-28-19)25-22(26-21)16-7-3-2-4-8-16/h2-5,7-10,13-14,19H,6,11-12,15H2,1H3,(H2,23,24,25,26). The van der Waals surface area contributed by atoms with E-state index in [2.05, 4.69) is 10.6 Å². The Balaban J connectivity index is 1.60. The minimum Gasteiger partial charge on any atom is -0.497 e. The van der Waals surface area contributed by atoms with Crippen molar-refractivity contribution in [2.45, 2.75) is 18.9 Å². The molecule has 28 heavy (non-hydrogen) atoms. The summed E-state index contributed by atoms with van der Waals surface area (Å²) in [6.45, 7) is 1.58. The Morgan fingerprint density at radius 3 is 2.68 bits per heavy atom. The molecule has 6 nitrogen and oxygen atoms in total. The molecular formula is C22H24N4O2. The van der Waals surface area contributed by atoms with Crippen LogP contribution < -0.4 is 15.4 Å². The highest BCUT2D eigenvalue weighted by Gasteiger charge is 2.16. The first-order chi connectivity index (χ1) is 13.8. The zero-order chi connectivity index (χ0) is 19.2. The molecule has 1 saturated heterocycles. The first-order valence-corrected chi connectivity index (χ1v) is 9.51. The second-order valence-corrected chi connectivity index (χ2v) is 6.70. The molecule has 2 heterocycles. The number of benzene rings is 2. The van der Waals surface area contributed by atoms with E-state index in [4.69, 9.17) is 19.4 Å². The molecule has 0 radical (unpaired) electrons. The molecule has 0 amide bonds. The molecule has 1 atom stereocenters. The minimum atomic E-state index is 0.241. The maximum atomic E-state index is 5.71. The molecular weight excluding hydrogens is 352 g/mol. The Kier molecular flexibility index (Phi) is 5.68. The molecule has 1 aliphatic heterocycles. The SMILES string of the molecule is COc1cccc(Nc2cc(NCC3CCCO3)nc(-c3ccccc3)n2)c1. The van der Waals surface area contributed by atoms with Gasteiger partial charge in [0, 0.05) is 36.5 Å². The first-order valence-electron chi connectivity index (χ1n) is 9.51. The number of aromatic nitrogens is 2. The Labute approximate surface area is 164 Å². The van der Waals surface area contributed by atoms with Crippen LogP contribution in [-0.4, -0.2) is 36.3 Å². The molecule has 0 saturated carbocycles. The lowest BCUT2D eigenvalue weighted by atomic mass is 10.2. The zero-order valence-electron chi connectivity index (χ0n) is 15.9. The molecule has 3 aromatic rings. The highest BCUT2D eigenvalue weighted by molar-refractivity contribution is 5.65. The van der Waals surface area contributed by atoms with Crippen molar-refractivity contribution in [3.05, 3.63) is 60.7 Å². The predicted molar refractivity (Wildman–Crippen MR) is 111 cm³/mol. The molecule has 1 aromatic heterocycles. The van der Waals surface area contributed by atoms with Gasteiger partial charge in [0.1, 0.15) is 17.4 Å². The van der Waals surface area contributed by atoms with Crippen LogP contribution in [0.25, 0.3) is 11.4 Å². The molecule has 0 spiro atoms. The number of anilines is 3. The Hall–Kier alpha value is -3.12. The van der Waals surface area contributed by atoms with Gasteiger partial charge in [-0.2, -0.15) is 0 Å². The van der Waals surface area contributed by atoms with Gasteiger partial charge in [-0.3, -0.25) is 0 Å². The van der Waals surface area contributed by atoms with E-state index in [1.807, 2.05) is 60.7 Å². The summed E-state index contributed by atoms with van der Waals surface area (Å²) in [6.07, 6.45) is 2.44. The lowest BCUT2D eigenvalue weighted by molar-refractivity contribution is 0.120. The van der Waals surface area contributed by atoms with Gasteiger partial charge in [0.25, 0.3) is 0 Å². The molecule has 2 N–H and O–H groups in total. The summed E-state index contributed by atoms with van der Waals surface area (Å²) in [5, 5.41) is 6.76. The fourth-order valence-corrected chi connectivity index (χ4v) is 3.19. The summed E-state index contributed by atoms with van der Waals surface area (Å²) >= 11 is 0. The van der Waals surface area contributed by atoms with E-state index in [-0.39, 0.29) is 6.10 Å². The van der Waals surface area contributed by atoms with Gasteiger partial charge in [0.2, 0.25) is 0 Å². The van der Waals surface area contributed by atoms with Crippen LogP contribution in [0.1, 0.15) is 12.8 Å². The van der Waals surface area contributed by atoms with Gasteiger partial charge < -0.3 is 20.1 Å². The van der Waals surface area contributed by atoms with Crippen molar-refractivity contribution in [1.29, 1.82) is 0 Å². The molecule has 1 aliphatic rings. The lowest BCUT2D eigenvalue weighted by Crippen LogP contribution is -2.19. The highest BCUT2D eigenvalue weighted by Crippen LogP contribution is 2.25. The molecule has 4 rings (SSSR count). The van der Waals surface area contributed by atoms with Crippen molar-refractivity contribution in [3.8, 4) is 17.1 Å². The van der Waals surface area contributed by atoms with Gasteiger partial charge in [-0.25, -0.2) is 9.97 Å². The molecule has 0 bridgehead atoms. The minimum absolute atomic E-state index is 0.241. The van der Waals surface area contributed by atoms with Gasteiger partial charge in [-0.1, -0.05) is 36.4 Å². The summed E-state index contributed by atoms with van der Waals surface area (Å²) in [7, 11) is 1.66. The predicted octanol–water partition coefficient (Wildman–Crippen LogP) is 4.49. The summed E-state index contributed by atoms with van der Waals surface area (Å²) in [6, 6.07) is 19.7. The normalized spacial score (nSPS) is 16.0. The van der Waals surface area contributed by atoms with Crippen LogP contribution in [0.2, 0.25) is 0 Å². The average Bonchev–Trinajstić information content (AvgIpc) is 3.27. The number of rotatable bonds is 7. The lowest BCUT2D eigenvalue weighted by Gasteiger charge is -2.14. The van der Waals surface area contributed by atoms with E-state index in [0.29, 0.717) is 5.82 Å². The van der Waals surface area contributed by atoms with Crippen molar-refractivity contribution in [2.75, 3.05) is 30.9 Å². The van der Waals surface area contributed by atoms with Crippen molar-refractivity contribution >= 4 is 17.3 Å². The maximum Gasteiger partial charge on any atom is 0.163 e. The fourth-order valence-electron chi connectivity index (χ4n) is 3.19. The van der Waals surface area contributed by atoms with Crippen LogP contribution in [0.4, 0.5) is 17.3 Å². The van der Waals surface area contributed by atoms with Gasteiger partial charge in [0.05, 0.1) is 13.2 Å². The topological polar surface area (TPSA) is 68.3 Å². The summed E-state index contributed by atoms with van der Waals surface area (Å²) in [5.41, 5.74) is 1.87. The van der Waals surface area contributed by atoms with Crippen LogP contribution in [-0.2, 0) is 4.74 Å². The van der Waals surface area contributed by atoms with Crippen molar-refractivity contribution in [1.82, 2.24) is 9.97 Å². The van der Waals surface area contributed by atoms with Gasteiger partial charge >= 0.3 is 0 Å². The van der Waals surface area contributed by atoms with Crippen molar-refractivity contribution < 1.29 is 9.47 Å². The summed E-state index contributed by atoms with van der Waals surface area (Å²) in [4.78, 5) is 9.40. The smallest absolute Gasteiger partial charge is 0.163 e. The van der Waals surface area contributed by atoms with Crippen LogP contribution in [0, 0.1) is 0 Å². The van der Waals surface area contributed by atoms with E-state index in [1.165, 1.54) is 0 Å². The van der Waals surface area contributed by atoms with Crippen molar-refractivity contribution in [2.24, 2.45) is 0 Å². The third-order valence-electron chi connectivity index (χ3n) is 4.64. The Morgan fingerprint density at radius 1 is 1.04 bits per heavy atom. The van der Waals surface area contributed by atoms with Gasteiger partial charge in [-0.05, 0) is 25.0 Å². The molecule has 1 fully saturated rings. The number of hydrogen-bond acceptors (Lipinski definition) is 6. The van der Waals surface area contributed by atoms with Crippen LogP contribution in [0.5, 0.6) is 5.75 Å². The highest BCUT2D eigenvalue weighted by atomic mass is 16.5. The quantitative estimate of drug-likeness (QED) is 0.633. The van der Waals surface area contributed by atoms with E-state index >= 15 is 0 Å². The number of hydrogen-bond donors (Lipinski definition) is 2. The number of nitrogens with one attached hydrogen (secondary N) is 2. The monoisotopic (exact) mass is 376 g/mol. The summed E-state index contributed by atoms with van der Waals surface area (Å²) < 4.78 is 11.0. The number of nitrogens with zero attached hydrogens (tertiary/aromatic N) is 2. The summed E-state index contributed by atoms with van der Waals surface area (Å²) in [5.74, 6) is 2.95. The second kappa shape index (κ2) is 8.71. The largest absolute Gasteiger partial charge is 0.497 e. The number of ether oxygens (including phenoxy) is 2. The Bertz CT molecular complexity index is 911. The van der Waals surface area contributed by atoms with Crippen molar-refractivity contribution in [3.63, 3.8) is 0 Å². The maximum absolute atomic E-state index is 5.71. The molecule has 1 unspecified atom stereocenters. The first kappa shape index (κ1) is 18.3. The molecule has 0 aliphatic carbocycles. The van der Waals surface area contributed by atoms with Gasteiger partial charge in [0.15, 0.2) is 5.82 Å². The van der Waals surface area contributed by atoms with E-state index in [0.717, 1.165) is 54.6 Å².